The van der Waals surface area contributed by atoms with Crippen LogP contribution in [0, 0.1) is 0 Å². The van der Waals surface area contributed by atoms with E-state index in [1.165, 1.54) is 34.4 Å². The van der Waals surface area contributed by atoms with Gasteiger partial charge in [-0.1, -0.05) is 12.1 Å². The van der Waals surface area contributed by atoms with E-state index in [4.69, 9.17) is 0 Å². The molecule has 1 fully saturated rings. The number of hydrogen-bond acceptors (Lipinski definition) is 5. The molecule has 4 rings (SSSR count). The van der Waals surface area contributed by atoms with Crippen molar-refractivity contribution in [3.63, 3.8) is 0 Å². The number of aryl methyl sites for hydroxylation is 1. The van der Waals surface area contributed by atoms with E-state index in [-0.39, 0.29) is 17.4 Å². The number of benzene rings is 1. The van der Waals surface area contributed by atoms with E-state index in [0.29, 0.717) is 44.0 Å². The number of aromatic nitrogens is 3. The van der Waals surface area contributed by atoms with E-state index in [0.717, 1.165) is 11.1 Å². The van der Waals surface area contributed by atoms with E-state index in [1.54, 1.807) is 22.3 Å². The number of carbonyl (C=O) groups excluding carboxylic acids is 2. The van der Waals surface area contributed by atoms with Gasteiger partial charge in [-0.3, -0.25) is 9.59 Å². The maximum atomic E-state index is 13.3. The zero-order chi connectivity index (χ0) is 23.6. The van der Waals surface area contributed by atoms with Gasteiger partial charge in [-0.05, 0) is 31.9 Å². The first kappa shape index (κ1) is 23.0. The van der Waals surface area contributed by atoms with Gasteiger partial charge in [0.05, 0.1) is 22.3 Å². The lowest BCUT2D eigenvalue weighted by atomic mass is 9.96. The lowest BCUT2D eigenvalue weighted by molar-refractivity contribution is -0.138. The zero-order valence-electron chi connectivity index (χ0n) is 17.8. The summed E-state index contributed by atoms with van der Waals surface area (Å²) in [7, 11) is 0. The molecule has 2 aromatic heterocycles. The Morgan fingerprint density at radius 1 is 1.18 bits per heavy atom. The first-order chi connectivity index (χ1) is 15.8. The highest BCUT2D eigenvalue weighted by atomic mass is 32.1. The second-order valence-electron chi connectivity index (χ2n) is 7.67. The second-order valence-corrected chi connectivity index (χ2v) is 8.56. The average Bonchev–Trinajstić information content (AvgIpc) is 3.48. The molecule has 1 saturated heterocycles. The first-order valence-corrected chi connectivity index (χ1v) is 11.4. The molecule has 3 aromatic rings. The molecule has 0 spiro atoms. The lowest BCUT2D eigenvalue weighted by Gasteiger charge is -2.31. The summed E-state index contributed by atoms with van der Waals surface area (Å²) in [6.07, 6.45) is -1.85. The molecular formula is C22H22F3N5O2S. The minimum atomic E-state index is -4.59. The van der Waals surface area contributed by atoms with Crippen molar-refractivity contribution in [2.45, 2.75) is 38.4 Å². The Hall–Kier alpha value is -3.21. The summed E-state index contributed by atoms with van der Waals surface area (Å²) in [5.74, 6) is -0.320. The number of likely N-dealkylation sites (tertiary alicyclic amines) is 1. The molecule has 1 N–H and O–H groups in total. The highest BCUT2D eigenvalue weighted by molar-refractivity contribution is 7.10. The Bertz CT molecular complexity index is 1150. The van der Waals surface area contributed by atoms with Crippen LogP contribution in [0.5, 0.6) is 0 Å². The number of nitrogens with one attached hydrogen (secondary N) is 1. The topological polar surface area (TPSA) is 80.1 Å². The molecule has 0 bridgehead atoms. The number of alkyl halides is 3. The third-order valence-electron chi connectivity index (χ3n) is 5.61. The Morgan fingerprint density at radius 2 is 1.91 bits per heavy atom. The molecule has 1 aliphatic heterocycles. The SMILES string of the molecule is CCn1nccc1NC(=O)c1csc(C2CCN(C(=O)c3ccccc3C(F)(F)F)CC2)n1. The molecule has 11 heteroatoms. The van der Waals surface area contributed by atoms with Gasteiger partial charge < -0.3 is 10.2 Å². The predicted octanol–water partition coefficient (Wildman–Crippen LogP) is 4.65. The highest BCUT2D eigenvalue weighted by Gasteiger charge is 2.36. The van der Waals surface area contributed by atoms with Crippen LogP contribution in [0.4, 0.5) is 19.0 Å². The molecular weight excluding hydrogens is 455 g/mol. The Balaban J connectivity index is 1.39. The Labute approximate surface area is 192 Å². The molecule has 1 aromatic carbocycles. The molecule has 0 aliphatic carbocycles. The van der Waals surface area contributed by atoms with Gasteiger partial charge >= 0.3 is 6.18 Å². The fourth-order valence-electron chi connectivity index (χ4n) is 3.87. The van der Waals surface area contributed by atoms with Gasteiger partial charge in [0.15, 0.2) is 0 Å². The molecule has 0 unspecified atom stereocenters. The number of halogens is 3. The monoisotopic (exact) mass is 477 g/mol. The van der Waals surface area contributed by atoms with Crippen LogP contribution in [-0.4, -0.2) is 44.6 Å². The van der Waals surface area contributed by atoms with E-state index >= 15 is 0 Å². The molecule has 0 radical (unpaired) electrons. The molecule has 174 valence electrons. The third-order valence-corrected chi connectivity index (χ3v) is 6.61. The summed E-state index contributed by atoms with van der Waals surface area (Å²) in [6.45, 7) is 3.19. The van der Waals surface area contributed by atoms with Crippen molar-refractivity contribution in [3.05, 3.63) is 63.7 Å². The predicted molar refractivity (Wildman–Crippen MR) is 117 cm³/mol. The average molecular weight is 478 g/mol. The number of carbonyl (C=O) groups is 2. The van der Waals surface area contributed by atoms with Crippen molar-refractivity contribution in [1.29, 1.82) is 0 Å². The third kappa shape index (κ3) is 4.92. The quantitative estimate of drug-likeness (QED) is 0.580. The van der Waals surface area contributed by atoms with Crippen molar-refractivity contribution in [2.24, 2.45) is 0 Å². The number of nitrogens with zero attached hydrogens (tertiary/aromatic N) is 4. The van der Waals surface area contributed by atoms with E-state index in [1.807, 2.05) is 6.92 Å². The van der Waals surface area contributed by atoms with Gasteiger partial charge in [0.1, 0.15) is 11.5 Å². The fourth-order valence-corrected chi connectivity index (χ4v) is 4.84. The molecule has 0 atom stereocenters. The minimum absolute atomic E-state index is 0.0413. The number of hydrogen-bond donors (Lipinski definition) is 1. The molecule has 3 heterocycles. The summed E-state index contributed by atoms with van der Waals surface area (Å²) < 4.78 is 41.5. The summed E-state index contributed by atoms with van der Waals surface area (Å²) in [5, 5.41) is 9.38. The van der Waals surface area contributed by atoms with Crippen LogP contribution in [0.25, 0.3) is 0 Å². The van der Waals surface area contributed by atoms with Crippen molar-refractivity contribution in [1.82, 2.24) is 19.7 Å². The summed E-state index contributed by atoms with van der Waals surface area (Å²) in [4.78, 5) is 31.2. The van der Waals surface area contributed by atoms with Crippen molar-refractivity contribution in [2.75, 3.05) is 18.4 Å². The van der Waals surface area contributed by atoms with Crippen LogP contribution in [0.15, 0.2) is 41.9 Å². The lowest BCUT2D eigenvalue weighted by Crippen LogP contribution is -2.38. The number of amides is 2. The van der Waals surface area contributed by atoms with Crippen LogP contribution >= 0.6 is 11.3 Å². The smallest absolute Gasteiger partial charge is 0.339 e. The molecule has 0 saturated carbocycles. The van der Waals surface area contributed by atoms with Gasteiger partial charge in [0.25, 0.3) is 11.8 Å². The fraction of sp³-hybridized carbons (Fsp3) is 0.364. The largest absolute Gasteiger partial charge is 0.417 e. The van der Waals surface area contributed by atoms with E-state index in [2.05, 4.69) is 15.4 Å². The van der Waals surface area contributed by atoms with Gasteiger partial charge in [-0.15, -0.1) is 11.3 Å². The van der Waals surface area contributed by atoms with Gasteiger partial charge in [-0.2, -0.15) is 18.3 Å². The number of thiazole rings is 1. The van der Waals surface area contributed by atoms with Gasteiger partial charge in [-0.25, -0.2) is 9.67 Å². The van der Waals surface area contributed by atoms with Gasteiger partial charge in [0, 0.05) is 37.0 Å². The summed E-state index contributed by atoms with van der Waals surface area (Å²) in [5.41, 5.74) is -0.948. The van der Waals surface area contributed by atoms with Crippen LogP contribution in [0.1, 0.15) is 57.1 Å². The Kier molecular flexibility index (Phi) is 6.50. The van der Waals surface area contributed by atoms with Crippen molar-refractivity contribution in [3.8, 4) is 0 Å². The highest BCUT2D eigenvalue weighted by Crippen LogP contribution is 2.34. The minimum Gasteiger partial charge on any atom is -0.339 e. The van der Waals surface area contributed by atoms with Crippen LogP contribution in [-0.2, 0) is 12.7 Å². The number of anilines is 1. The zero-order valence-corrected chi connectivity index (χ0v) is 18.6. The standard InChI is InChI=1S/C22H22F3N5O2S/c1-2-30-18(7-10-26-30)28-19(31)17-13-33-20(27-17)14-8-11-29(12-9-14)21(32)15-5-3-4-6-16(15)22(23,24)25/h3-7,10,13-14H,2,8-9,11-12H2,1H3,(H,28,31). The summed E-state index contributed by atoms with van der Waals surface area (Å²) in [6, 6.07) is 6.56. The van der Waals surface area contributed by atoms with Crippen molar-refractivity contribution >= 4 is 29.0 Å². The number of piperidine rings is 1. The number of rotatable bonds is 5. The van der Waals surface area contributed by atoms with Crippen LogP contribution < -0.4 is 5.32 Å². The Morgan fingerprint density at radius 3 is 2.61 bits per heavy atom. The second kappa shape index (κ2) is 9.34. The van der Waals surface area contributed by atoms with Crippen LogP contribution in [0.3, 0.4) is 0 Å². The van der Waals surface area contributed by atoms with E-state index in [9.17, 15) is 22.8 Å². The van der Waals surface area contributed by atoms with Crippen molar-refractivity contribution < 1.29 is 22.8 Å². The molecule has 33 heavy (non-hydrogen) atoms. The normalized spacial score (nSPS) is 15.0. The van der Waals surface area contributed by atoms with E-state index < -0.39 is 17.6 Å². The van der Waals surface area contributed by atoms with Gasteiger partial charge in [0.2, 0.25) is 0 Å². The molecule has 7 nitrogen and oxygen atoms in total. The van der Waals surface area contributed by atoms with Crippen LogP contribution in [0.2, 0.25) is 0 Å². The maximum absolute atomic E-state index is 13.3. The molecule has 1 aliphatic rings. The summed E-state index contributed by atoms with van der Waals surface area (Å²) >= 11 is 1.37. The maximum Gasteiger partial charge on any atom is 0.417 e. The molecule has 2 amide bonds. The first-order valence-electron chi connectivity index (χ1n) is 10.5.